The zero-order chi connectivity index (χ0) is 12.3. The SMILES string of the molecule is Cc1cc(CCN2CCNCC2)cc(Cl)c1C. The summed E-state index contributed by atoms with van der Waals surface area (Å²) in [5, 5.41) is 4.28. The fourth-order valence-electron chi connectivity index (χ4n) is 2.25. The highest BCUT2D eigenvalue weighted by Crippen LogP contribution is 2.21. The molecule has 1 fully saturated rings. The van der Waals surface area contributed by atoms with Gasteiger partial charge in [-0.1, -0.05) is 17.7 Å². The molecule has 0 unspecified atom stereocenters. The van der Waals surface area contributed by atoms with Gasteiger partial charge in [0, 0.05) is 37.7 Å². The van der Waals surface area contributed by atoms with Crippen LogP contribution in [-0.4, -0.2) is 37.6 Å². The van der Waals surface area contributed by atoms with E-state index in [0.29, 0.717) is 0 Å². The van der Waals surface area contributed by atoms with E-state index in [1.165, 1.54) is 29.8 Å². The summed E-state index contributed by atoms with van der Waals surface area (Å²) in [6, 6.07) is 4.38. The number of nitrogens with one attached hydrogen (secondary N) is 1. The van der Waals surface area contributed by atoms with Crippen molar-refractivity contribution in [2.75, 3.05) is 32.7 Å². The zero-order valence-electron chi connectivity index (χ0n) is 10.7. The lowest BCUT2D eigenvalue weighted by Crippen LogP contribution is -2.44. The highest BCUT2D eigenvalue weighted by atomic mass is 35.5. The molecule has 2 rings (SSSR count). The molecular weight excluding hydrogens is 232 g/mol. The maximum absolute atomic E-state index is 6.22. The molecule has 0 radical (unpaired) electrons. The molecule has 0 aliphatic carbocycles. The van der Waals surface area contributed by atoms with Crippen LogP contribution in [0.4, 0.5) is 0 Å². The average Bonchev–Trinajstić information content (AvgIpc) is 2.34. The van der Waals surface area contributed by atoms with Crippen LogP contribution >= 0.6 is 11.6 Å². The van der Waals surface area contributed by atoms with Crippen molar-refractivity contribution in [2.45, 2.75) is 20.3 Å². The predicted octanol–water partition coefficient (Wildman–Crippen LogP) is 2.40. The number of hydrogen-bond acceptors (Lipinski definition) is 2. The van der Waals surface area contributed by atoms with Crippen LogP contribution in [0.5, 0.6) is 0 Å². The number of nitrogens with zero attached hydrogens (tertiary/aromatic N) is 1. The van der Waals surface area contributed by atoms with E-state index in [2.05, 4.69) is 36.2 Å². The topological polar surface area (TPSA) is 15.3 Å². The standard InChI is InChI=1S/C14H21ClN2/c1-11-9-13(10-14(15)12(11)2)3-6-17-7-4-16-5-8-17/h9-10,16H,3-8H2,1-2H3. The van der Waals surface area contributed by atoms with Crippen LogP contribution in [-0.2, 0) is 6.42 Å². The van der Waals surface area contributed by atoms with Gasteiger partial charge in [0.1, 0.15) is 0 Å². The van der Waals surface area contributed by atoms with Gasteiger partial charge in [-0.3, -0.25) is 0 Å². The van der Waals surface area contributed by atoms with E-state index in [1.807, 2.05) is 0 Å². The summed E-state index contributed by atoms with van der Waals surface area (Å²) < 4.78 is 0. The molecule has 0 bridgehead atoms. The highest BCUT2D eigenvalue weighted by molar-refractivity contribution is 6.31. The molecule has 0 amide bonds. The van der Waals surface area contributed by atoms with Gasteiger partial charge in [0.25, 0.3) is 0 Å². The van der Waals surface area contributed by atoms with Gasteiger partial charge < -0.3 is 10.2 Å². The van der Waals surface area contributed by atoms with Gasteiger partial charge in [-0.25, -0.2) is 0 Å². The Labute approximate surface area is 109 Å². The third kappa shape index (κ3) is 3.44. The third-order valence-corrected chi connectivity index (χ3v) is 3.98. The maximum atomic E-state index is 6.22. The fourth-order valence-corrected chi connectivity index (χ4v) is 2.54. The minimum absolute atomic E-state index is 0.903. The van der Waals surface area contributed by atoms with E-state index in [9.17, 15) is 0 Å². The fraction of sp³-hybridized carbons (Fsp3) is 0.571. The molecule has 3 heteroatoms. The monoisotopic (exact) mass is 252 g/mol. The Morgan fingerprint density at radius 3 is 2.59 bits per heavy atom. The Bertz CT molecular complexity index is 361. The summed E-state index contributed by atoms with van der Waals surface area (Å²) in [6.07, 6.45) is 1.10. The lowest BCUT2D eigenvalue weighted by molar-refractivity contribution is 0.244. The van der Waals surface area contributed by atoms with Crippen molar-refractivity contribution in [1.82, 2.24) is 10.2 Å². The Hall–Kier alpha value is -0.570. The number of piperazine rings is 1. The molecule has 0 aromatic heterocycles. The van der Waals surface area contributed by atoms with Crippen molar-refractivity contribution >= 4 is 11.6 Å². The van der Waals surface area contributed by atoms with Gasteiger partial charge in [-0.05, 0) is 43.0 Å². The Morgan fingerprint density at radius 2 is 1.94 bits per heavy atom. The van der Waals surface area contributed by atoms with Crippen LogP contribution in [0.15, 0.2) is 12.1 Å². The van der Waals surface area contributed by atoms with Crippen molar-refractivity contribution in [1.29, 1.82) is 0 Å². The molecule has 2 nitrogen and oxygen atoms in total. The Morgan fingerprint density at radius 1 is 1.24 bits per heavy atom. The smallest absolute Gasteiger partial charge is 0.0440 e. The molecular formula is C14H21ClN2. The van der Waals surface area contributed by atoms with Crippen LogP contribution in [0, 0.1) is 13.8 Å². The van der Waals surface area contributed by atoms with Crippen LogP contribution in [0.1, 0.15) is 16.7 Å². The zero-order valence-corrected chi connectivity index (χ0v) is 11.5. The van der Waals surface area contributed by atoms with Gasteiger partial charge in [-0.15, -0.1) is 0 Å². The summed E-state index contributed by atoms with van der Waals surface area (Å²) >= 11 is 6.22. The van der Waals surface area contributed by atoms with Crippen molar-refractivity contribution in [3.05, 3.63) is 33.8 Å². The van der Waals surface area contributed by atoms with Crippen molar-refractivity contribution in [3.8, 4) is 0 Å². The molecule has 1 aliphatic rings. The van der Waals surface area contributed by atoms with Crippen LogP contribution < -0.4 is 5.32 Å². The van der Waals surface area contributed by atoms with Gasteiger partial charge in [0.05, 0.1) is 0 Å². The normalized spacial score (nSPS) is 17.4. The van der Waals surface area contributed by atoms with Crippen LogP contribution in [0.25, 0.3) is 0 Å². The number of hydrogen-bond donors (Lipinski definition) is 1. The molecule has 1 heterocycles. The third-order valence-electron chi connectivity index (χ3n) is 3.59. The average molecular weight is 253 g/mol. The lowest BCUT2D eigenvalue weighted by Gasteiger charge is -2.27. The van der Waals surface area contributed by atoms with E-state index in [1.54, 1.807) is 0 Å². The maximum Gasteiger partial charge on any atom is 0.0440 e. The minimum Gasteiger partial charge on any atom is -0.314 e. The summed E-state index contributed by atoms with van der Waals surface area (Å²) in [5.41, 5.74) is 3.86. The summed E-state index contributed by atoms with van der Waals surface area (Å²) in [5.74, 6) is 0. The molecule has 1 aromatic rings. The molecule has 1 aliphatic heterocycles. The highest BCUT2D eigenvalue weighted by Gasteiger charge is 2.09. The van der Waals surface area contributed by atoms with Gasteiger partial charge in [-0.2, -0.15) is 0 Å². The molecule has 94 valence electrons. The Balaban J connectivity index is 1.94. The molecule has 0 atom stereocenters. The van der Waals surface area contributed by atoms with Crippen molar-refractivity contribution in [3.63, 3.8) is 0 Å². The first-order valence-electron chi connectivity index (χ1n) is 6.35. The molecule has 1 saturated heterocycles. The molecule has 1 N–H and O–H groups in total. The first-order valence-corrected chi connectivity index (χ1v) is 6.73. The van der Waals surface area contributed by atoms with E-state index < -0.39 is 0 Å². The van der Waals surface area contributed by atoms with E-state index in [0.717, 1.165) is 31.1 Å². The quantitative estimate of drug-likeness (QED) is 0.889. The van der Waals surface area contributed by atoms with Crippen molar-refractivity contribution in [2.24, 2.45) is 0 Å². The molecule has 0 saturated carbocycles. The molecule has 1 aromatic carbocycles. The second kappa shape index (κ2) is 5.85. The number of halogens is 1. The number of benzene rings is 1. The van der Waals surface area contributed by atoms with Crippen LogP contribution in [0.3, 0.4) is 0 Å². The molecule has 0 spiro atoms. The number of aryl methyl sites for hydroxylation is 1. The van der Waals surface area contributed by atoms with Gasteiger partial charge >= 0.3 is 0 Å². The summed E-state index contributed by atoms with van der Waals surface area (Å²) in [4.78, 5) is 2.51. The lowest BCUT2D eigenvalue weighted by atomic mass is 10.0. The van der Waals surface area contributed by atoms with E-state index in [-0.39, 0.29) is 0 Å². The van der Waals surface area contributed by atoms with E-state index in [4.69, 9.17) is 11.6 Å². The minimum atomic E-state index is 0.903. The molecule has 17 heavy (non-hydrogen) atoms. The first kappa shape index (κ1) is 12.9. The summed E-state index contributed by atoms with van der Waals surface area (Å²) in [6.45, 7) is 9.92. The predicted molar refractivity (Wildman–Crippen MR) is 73.9 cm³/mol. The van der Waals surface area contributed by atoms with Gasteiger partial charge in [0.2, 0.25) is 0 Å². The number of rotatable bonds is 3. The van der Waals surface area contributed by atoms with Crippen LogP contribution in [0.2, 0.25) is 5.02 Å². The second-order valence-corrected chi connectivity index (χ2v) is 5.27. The van der Waals surface area contributed by atoms with E-state index >= 15 is 0 Å². The largest absolute Gasteiger partial charge is 0.314 e. The summed E-state index contributed by atoms with van der Waals surface area (Å²) in [7, 11) is 0. The van der Waals surface area contributed by atoms with Gasteiger partial charge in [0.15, 0.2) is 0 Å². The first-order chi connectivity index (χ1) is 8.16. The second-order valence-electron chi connectivity index (χ2n) is 4.86. The van der Waals surface area contributed by atoms with Crippen molar-refractivity contribution < 1.29 is 0 Å². The Kier molecular flexibility index (Phi) is 4.43.